The van der Waals surface area contributed by atoms with Crippen LogP contribution in [-0.2, 0) is 0 Å². The van der Waals surface area contributed by atoms with Crippen LogP contribution in [0.25, 0.3) is 39.3 Å². The number of aromatic nitrogens is 4. The van der Waals surface area contributed by atoms with Crippen LogP contribution in [0, 0.1) is 0 Å². The van der Waals surface area contributed by atoms with Gasteiger partial charge in [0, 0.05) is 41.5 Å². The Labute approximate surface area is 222 Å². The number of benzene rings is 2. The molecular formula is C31H30N6O. The minimum Gasteiger partial charge on any atom is -0.351 e. The Morgan fingerprint density at radius 1 is 0.789 bits per heavy atom. The molecule has 0 aliphatic carbocycles. The maximum Gasteiger partial charge on any atom is 0.251 e. The van der Waals surface area contributed by atoms with Gasteiger partial charge in [0.25, 0.3) is 5.91 Å². The highest BCUT2D eigenvalue weighted by molar-refractivity contribution is 5.95. The Kier molecular flexibility index (Phi) is 6.91. The molecule has 0 bridgehead atoms. The van der Waals surface area contributed by atoms with Crippen molar-refractivity contribution in [3.63, 3.8) is 0 Å². The maximum absolute atomic E-state index is 12.8. The summed E-state index contributed by atoms with van der Waals surface area (Å²) in [6.45, 7) is 3.82. The number of nitrogens with zero attached hydrogens (tertiary/aromatic N) is 5. The minimum atomic E-state index is -0.0482. The molecule has 1 N–H and O–H groups in total. The van der Waals surface area contributed by atoms with Gasteiger partial charge in [-0.25, -0.2) is 9.50 Å². The van der Waals surface area contributed by atoms with Crippen molar-refractivity contribution < 1.29 is 4.79 Å². The van der Waals surface area contributed by atoms with Crippen molar-refractivity contribution in [3.8, 4) is 33.6 Å². The van der Waals surface area contributed by atoms with E-state index in [1.807, 2.05) is 89.8 Å². The third kappa shape index (κ3) is 5.19. The first-order chi connectivity index (χ1) is 18.7. The fourth-order valence-corrected chi connectivity index (χ4v) is 5.04. The largest absolute Gasteiger partial charge is 0.351 e. The fourth-order valence-electron chi connectivity index (χ4n) is 5.04. The molecule has 38 heavy (non-hydrogen) atoms. The molecule has 190 valence electrons. The SMILES string of the molecule is O=C(NCCN1CCCCC1)c1cccc(-c2cnn3c(-c4ccnc(-c5ccccc5)c4)cnc3c2)c1. The highest BCUT2D eigenvalue weighted by Gasteiger charge is 2.13. The first-order valence-electron chi connectivity index (χ1n) is 13.2. The number of hydrogen-bond donors (Lipinski definition) is 1. The van der Waals surface area contributed by atoms with Crippen LogP contribution < -0.4 is 5.32 Å². The molecule has 5 aromatic rings. The summed E-state index contributed by atoms with van der Waals surface area (Å²) in [7, 11) is 0. The number of amides is 1. The van der Waals surface area contributed by atoms with E-state index in [1.54, 1.807) is 0 Å². The first-order valence-corrected chi connectivity index (χ1v) is 13.2. The van der Waals surface area contributed by atoms with Gasteiger partial charge in [-0.2, -0.15) is 5.10 Å². The second-order valence-corrected chi connectivity index (χ2v) is 9.69. The third-order valence-corrected chi connectivity index (χ3v) is 7.11. The Morgan fingerprint density at radius 2 is 1.63 bits per heavy atom. The zero-order valence-corrected chi connectivity index (χ0v) is 21.3. The molecular weight excluding hydrogens is 472 g/mol. The van der Waals surface area contributed by atoms with E-state index in [0.717, 1.165) is 58.9 Å². The molecule has 1 aliphatic heterocycles. The Bertz CT molecular complexity index is 1560. The highest BCUT2D eigenvalue weighted by atomic mass is 16.1. The van der Waals surface area contributed by atoms with E-state index < -0.39 is 0 Å². The van der Waals surface area contributed by atoms with Crippen LogP contribution in [0.15, 0.2) is 91.4 Å². The van der Waals surface area contributed by atoms with Crippen molar-refractivity contribution in [1.82, 2.24) is 29.8 Å². The second-order valence-electron chi connectivity index (χ2n) is 9.69. The Morgan fingerprint density at radius 3 is 2.50 bits per heavy atom. The summed E-state index contributed by atoms with van der Waals surface area (Å²) in [5.74, 6) is -0.0482. The van der Waals surface area contributed by atoms with Gasteiger partial charge in [0.1, 0.15) is 0 Å². The summed E-state index contributed by atoms with van der Waals surface area (Å²) in [5, 5.41) is 7.77. The summed E-state index contributed by atoms with van der Waals surface area (Å²) in [6.07, 6.45) is 9.30. The summed E-state index contributed by atoms with van der Waals surface area (Å²) in [4.78, 5) is 24.4. The van der Waals surface area contributed by atoms with Crippen molar-refractivity contribution in [2.75, 3.05) is 26.2 Å². The van der Waals surface area contributed by atoms with Crippen LogP contribution in [0.2, 0.25) is 0 Å². The van der Waals surface area contributed by atoms with Crippen molar-refractivity contribution in [2.24, 2.45) is 0 Å². The topological polar surface area (TPSA) is 75.4 Å². The van der Waals surface area contributed by atoms with Crippen LogP contribution in [0.5, 0.6) is 0 Å². The fraction of sp³-hybridized carbons (Fsp3) is 0.226. The normalized spacial score (nSPS) is 14.0. The van der Waals surface area contributed by atoms with Crippen LogP contribution in [0.4, 0.5) is 0 Å². The molecule has 1 aliphatic rings. The number of rotatable bonds is 7. The number of imidazole rings is 1. The van der Waals surface area contributed by atoms with Gasteiger partial charge in [-0.3, -0.25) is 9.78 Å². The average molecular weight is 503 g/mol. The molecule has 0 unspecified atom stereocenters. The lowest BCUT2D eigenvalue weighted by molar-refractivity contribution is 0.0946. The predicted octanol–water partition coefficient (Wildman–Crippen LogP) is 5.34. The van der Waals surface area contributed by atoms with E-state index >= 15 is 0 Å². The van der Waals surface area contributed by atoms with E-state index in [1.165, 1.54) is 19.3 Å². The van der Waals surface area contributed by atoms with Gasteiger partial charge < -0.3 is 10.2 Å². The molecule has 0 saturated carbocycles. The van der Waals surface area contributed by atoms with E-state index in [9.17, 15) is 4.79 Å². The van der Waals surface area contributed by atoms with Crippen LogP contribution >= 0.6 is 0 Å². The molecule has 0 spiro atoms. The molecule has 2 aromatic carbocycles. The third-order valence-electron chi connectivity index (χ3n) is 7.11. The van der Waals surface area contributed by atoms with Gasteiger partial charge in [0.15, 0.2) is 5.65 Å². The molecule has 0 atom stereocenters. The number of piperidine rings is 1. The summed E-state index contributed by atoms with van der Waals surface area (Å²) in [6, 6.07) is 23.8. The van der Waals surface area contributed by atoms with Crippen molar-refractivity contribution in [2.45, 2.75) is 19.3 Å². The molecule has 6 rings (SSSR count). The minimum absolute atomic E-state index is 0.0482. The Balaban J connectivity index is 1.20. The molecule has 3 aromatic heterocycles. The average Bonchev–Trinajstić information content (AvgIpc) is 3.42. The maximum atomic E-state index is 12.8. The van der Waals surface area contributed by atoms with E-state index in [-0.39, 0.29) is 5.91 Å². The molecule has 7 heteroatoms. The number of carbonyl (C=O) groups is 1. The summed E-state index contributed by atoms with van der Waals surface area (Å²) in [5.41, 5.74) is 7.10. The van der Waals surface area contributed by atoms with Crippen LogP contribution in [0.3, 0.4) is 0 Å². The van der Waals surface area contributed by atoms with Gasteiger partial charge >= 0.3 is 0 Å². The Hall–Kier alpha value is -4.36. The number of fused-ring (bicyclic) bond motifs is 1. The van der Waals surface area contributed by atoms with Crippen molar-refractivity contribution in [1.29, 1.82) is 0 Å². The van der Waals surface area contributed by atoms with Gasteiger partial charge in [-0.05, 0) is 61.8 Å². The van der Waals surface area contributed by atoms with E-state index in [2.05, 4.69) is 26.3 Å². The van der Waals surface area contributed by atoms with E-state index in [0.29, 0.717) is 12.1 Å². The van der Waals surface area contributed by atoms with Crippen LogP contribution in [-0.4, -0.2) is 56.6 Å². The molecule has 1 amide bonds. The van der Waals surface area contributed by atoms with E-state index in [4.69, 9.17) is 5.10 Å². The quantitative estimate of drug-likeness (QED) is 0.325. The van der Waals surface area contributed by atoms with Gasteiger partial charge in [0.2, 0.25) is 0 Å². The predicted molar refractivity (Wildman–Crippen MR) is 150 cm³/mol. The molecule has 4 heterocycles. The van der Waals surface area contributed by atoms with Gasteiger partial charge in [0.05, 0.1) is 23.8 Å². The smallest absolute Gasteiger partial charge is 0.251 e. The first kappa shape index (κ1) is 24.0. The number of likely N-dealkylation sites (tertiary alicyclic amines) is 1. The van der Waals surface area contributed by atoms with Crippen molar-refractivity contribution in [3.05, 3.63) is 97.0 Å². The number of nitrogens with one attached hydrogen (secondary N) is 1. The van der Waals surface area contributed by atoms with Gasteiger partial charge in [-0.1, -0.05) is 48.9 Å². The number of hydrogen-bond acceptors (Lipinski definition) is 5. The second kappa shape index (κ2) is 10.9. The summed E-state index contributed by atoms with van der Waals surface area (Å²) < 4.78 is 1.84. The van der Waals surface area contributed by atoms with Gasteiger partial charge in [-0.15, -0.1) is 0 Å². The van der Waals surface area contributed by atoms with Crippen LogP contribution in [0.1, 0.15) is 29.6 Å². The summed E-state index contributed by atoms with van der Waals surface area (Å²) >= 11 is 0. The lowest BCUT2D eigenvalue weighted by Crippen LogP contribution is -2.37. The zero-order chi connectivity index (χ0) is 25.7. The lowest BCUT2D eigenvalue weighted by atomic mass is 10.0. The lowest BCUT2D eigenvalue weighted by Gasteiger charge is -2.26. The number of carbonyl (C=O) groups excluding carboxylic acids is 1. The van der Waals surface area contributed by atoms with Crippen molar-refractivity contribution >= 4 is 11.6 Å². The molecule has 1 fully saturated rings. The molecule has 1 saturated heterocycles. The number of pyridine rings is 1. The molecule has 7 nitrogen and oxygen atoms in total. The standard InChI is InChI=1S/C31H30N6O/c38-31(33-14-17-36-15-5-2-6-16-36)26-11-7-10-24(18-26)27-20-30-34-22-29(37(30)35-21-27)25-12-13-32-28(19-25)23-8-3-1-4-9-23/h1,3-4,7-13,18-22H,2,5-6,14-17H2,(H,33,38). The molecule has 0 radical (unpaired) electrons. The highest BCUT2D eigenvalue weighted by Crippen LogP contribution is 2.27. The monoisotopic (exact) mass is 502 g/mol. The zero-order valence-electron chi connectivity index (χ0n) is 21.3.